The molecule has 0 aromatic heterocycles. The van der Waals surface area contributed by atoms with Crippen LogP contribution in [-0.2, 0) is 4.74 Å². The zero-order valence-electron chi connectivity index (χ0n) is 8.98. The van der Waals surface area contributed by atoms with Crippen molar-refractivity contribution < 1.29 is 4.74 Å². The Balaban J connectivity index is 3.12. The van der Waals surface area contributed by atoms with Crippen molar-refractivity contribution in [3.05, 3.63) is 0 Å². The van der Waals surface area contributed by atoms with E-state index in [0.717, 1.165) is 32.6 Å². The van der Waals surface area contributed by atoms with Gasteiger partial charge in [0.25, 0.3) is 0 Å². The smallest absolute Gasteiger partial charge is 0.0477 e. The number of halogens is 1. The molecule has 80 valence electrons. The zero-order valence-corrected chi connectivity index (χ0v) is 9.73. The van der Waals surface area contributed by atoms with Crippen LogP contribution in [0.1, 0.15) is 33.6 Å². The standard InChI is InChI=1S/C10H22ClNO/c1-4-13-7-5-6-12-10(3)8-9(2)11/h9-10,12H,4-8H2,1-3H3. The fourth-order valence-electron chi connectivity index (χ4n) is 1.24. The summed E-state index contributed by atoms with van der Waals surface area (Å²) in [6.07, 6.45) is 2.10. The second-order valence-electron chi connectivity index (χ2n) is 3.42. The lowest BCUT2D eigenvalue weighted by molar-refractivity contribution is 0.144. The minimum atomic E-state index is 0.259. The first-order chi connectivity index (χ1) is 6.16. The van der Waals surface area contributed by atoms with Crippen LogP contribution < -0.4 is 5.32 Å². The molecule has 0 saturated carbocycles. The quantitative estimate of drug-likeness (QED) is 0.488. The molecule has 0 aromatic rings. The first-order valence-corrected chi connectivity index (χ1v) is 5.55. The monoisotopic (exact) mass is 207 g/mol. The Morgan fingerprint density at radius 1 is 1.38 bits per heavy atom. The summed E-state index contributed by atoms with van der Waals surface area (Å²) in [5.41, 5.74) is 0. The van der Waals surface area contributed by atoms with E-state index in [1.807, 2.05) is 13.8 Å². The predicted octanol–water partition coefficient (Wildman–Crippen LogP) is 2.41. The highest BCUT2D eigenvalue weighted by Crippen LogP contribution is 2.03. The fraction of sp³-hybridized carbons (Fsp3) is 1.00. The molecule has 0 heterocycles. The fourth-order valence-corrected chi connectivity index (χ4v) is 1.50. The van der Waals surface area contributed by atoms with Gasteiger partial charge in [-0.1, -0.05) is 0 Å². The molecule has 2 nitrogen and oxygen atoms in total. The van der Waals surface area contributed by atoms with Crippen molar-refractivity contribution >= 4 is 11.6 Å². The average molecular weight is 208 g/mol. The van der Waals surface area contributed by atoms with Crippen LogP contribution in [0.5, 0.6) is 0 Å². The first kappa shape index (κ1) is 13.2. The van der Waals surface area contributed by atoms with E-state index in [4.69, 9.17) is 16.3 Å². The van der Waals surface area contributed by atoms with Gasteiger partial charge in [-0.2, -0.15) is 0 Å². The Kier molecular flexibility index (Phi) is 8.93. The molecule has 0 saturated heterocycles. The van der Waals surface area contributed by atoms with Crippen LogP contribution in [0.3, 0.4) is 0 Å². The van der Waals surface area contributed by atoms with Crippen LogP contribution in [0.25, 0.3) is 0 Å². The van der Waals surface area contributed by atoms with Gasteiger partial charge in [0.1, 0.15) is 0 Å². The number of hydrogen-bond acceptors (Lipinski definition) is 2. The summed E-state index contributed by atoms with van der Waals surface area (Å²) in [5, 5.41) is 3.67. The highest BCUT2D eigenvalue weighted by atomic mass is 35.5. The summed E-state index contributed by atoms with van der Waals surface area (Å²) in [4.78, 5) is 0. The van der Waals surface area contributed by atoms with Crippen molar-refractivity contribution in [2.24, 2.45) is 0 Å². The summed E-state index contributed by atoms with van der Waals surface area (Å²) in [6, 6.07) is 0.508. The Morgan fingerprint density at radius 3 is 2.62 bits per heavy atom. The van der Waals surface area contributed by atoms with Gasteiger partial charge in [-0.05, 0) is 40.2 Å². The van der Waals surface area contributed by atoms with E-state index in [1.165, 1.54) is 0 Å². The van der Waals surface area contributed by atoms with E-state index in [-0.39, 0.29) is 5.38 Å². The van der Waals surface area contributed by atoms with Crippen LogP contribution in [0.4, 0.5) is 0 Å². The predicted molar refractivity (Wildman–Crippen MR) is 58.5 cm³/mol. The lowest BCUT2D eigenvalue weighted by Crippen LogP contribution is -2.29. The lowest BCUT2D eigenvalue weighted by atomic mass is 10.2. The van der Waals surface area contributed by atoms with Crippen molar-refractivity contribution in [1.82, 2.24) is 5.32 Å². The molecule has 0 rings (SSSR count). The molecule has 0 aliphatic carbocycles. The largest absolute Gasteiger partial charge is 0.382 e. The lowest BCUT2D eigenvalue weighted by Gasteiger charge is -2.14. The van der Waals surface area contributed by atoms with E-state index in [9.17, 15) is 0 Å². The maximum atomic E-state index is 5.87. The van der Waals surface area contributed by atoms with Gasteiger partial charge >= 0.3 is 0 Å². The van der Waals surface area contributed by atoms with Gasteiger partial charge in [-0.15, -0.1) is 11.6 Å². The summed E-state index contributed by atoms with van der Waals surface area (Å²) in [5.74, 6) is 0. The third-order valence-corrected chi connectivity index (χ3v) is 2.02. The second-order valence-corrected chi connectivity index (χ2v) is 4.17. The van der Waals surface area contributed by atoms with Gasteiger partial charge in [0, 0.05) is 24.6 Å². The molecule has 2 atom stereocenters. The minimum absolute atomic E-state index is 0.259. The van der Waals surface area contributed by atoms with Crippen molar-refractivity contribution in [3.63, 3.8) is 0 Å². The molecule has 0 aliphatic heterocycles. The van der Waals surface area contributed by atoms with Crippen LogP contribution in [-0.4, -0.2) is 31.2 Å². The Bertz CT molecular complexity index is 109. The normalized spacial score (nSPS) is 15.7. The molecule has 0 aromatic carbocycles. The molecular weight excluding hydrogens is 186 g/mol. The molecule has 0 spiro atoms. The van der Waals surface area contributed by atoms with Gasteiger partial charge in [0.05, 0.1) is 0 Å². The van der Waals surface area contributed by atoms with Crippen LogP contribution in [0.15, 0.2) is 0 Å². The molecule has 0 amide bonds. The molecule has 1 N–H and O–H groups in total. The second kappa shape index (κ2) is 8.79. The van der Waals surface area contributed by atoms with Crippen molar-refractivity contribution in [3.8, 4) is 0 Å². The molecular formula is C10H22ClNO. The molecule has 0 radical (unpaired) electrons. The van der Waals surface area contributed by atoms with Crippen LogP contribution in [0, 0.1) is 0 Å². The van der Waals surface area contributed by atoms with E-state index in [1.54, 1.807) is 0 Å². The van der Waals surface area contributed by atoms with E-state index in [0.29, 0.717) is 6.04 Å². The molecule has 0 bridgehead atoms. The van der Waals surface area contributed by atoms with E-state index in [2.05, 4.69) is 12.2 Å². The number of hydrogen-bond donors (Lipinski definition) is 1. The number of ether oxygens (including phenoxy) is 1. The third kappa shape index (κ3) is 10.1. The minimum Gasteiger partial charge on any atom is -0.382 e. The first-order valence-electron chi connectivity index (χ1n) is 5.12. The highest BCUT2D eigenvalue weighted by molar-refractivity contribution is 6.20. The number of rotatable bonds is 8. The van der Waals surface area contributed by atoms with Crippen molar-refractivity contribution in [2.45, 2.75) is 45.0 Å². The Hall–Kier alpha value is 0.210. The zero-order chi connectivity index (χ0) is 10.1. The van der Waals surface area contributed by atoms with E-state index >= 15 is 0 Å². The molecule has 3 heteroatoms. The summed E-state index contributed by atoms with van der Waals surface area (Å²) < 4.78 is 5.23. The third-order valence-electron chi connectivity index (χ3n) is 1.84. The molecule has 0 aliphatic rings. The summed E-state index contributed by atoms with van der Waals surface area (Å²) >= 11 is 5.87. The van der Waals surface area contributed by atoms with Gasteiger partial charge in [-0.25, -0.2) is 0 Å². The maximum absolute atomic E-state index is 5.87. The van der Waals surface area contributed by atoms with Gasteiger partial charge in [0.15, 0.2) is 0 Å². The maximum Gasteiger partial charge on any atom is 0.0477 e. The van der Waals surface area contributed by atoms with Crippen LogP contribution >= 0.6 is 11.6 Å². The Labute approximate surface area is 87.0 Å². The van der Waals surface area contributed by atoms with Gasteiger partial charge in [0.2, 0.25) is 0 Å². The topological polar surface area (TPSA) is 21.3 Å². The average Bonchev–Trinajstić information content (AvgIpc) is 2.02. The highest BCUT2D eigenvalue weighted by Gasteiger charge is 2.04. The van der Waals surface area contributed by atoms with Crippen molar-refractivity contribution in [2.75, 3.05) is 19.8 Å². The van der Waals surface area contributed by atoms with Gasteiger partial charge < -0.3 is 10.1 Å². The molecule has 13 heavy (non-hydrogen) atoms. The van der Waals surface area contributed by atoms with Crippen molar-refractivity contribution in [1.29, 1.82) is 0 Å². The molecule has 2 unspecified atom stereocenters. The molecule has 0 fully saturated rings. The summed E-state index contributed by atoms with van der Waals surface area (Å²) in [6.45, 7) is 8.90. The SMILES string of the molecule is CCOCCCNC(C)CC(C)Cl. The number of nitrogens with one attached hydrogen (secondary N) is 1. The number of alkyl halides is 1. The van der Waals surface area contributed by atoms with E-state index < -0.39 is 0 Å². The van der Waals surface area contributed by atoms with Crippen LogP contribution in [0.2, 0.25) is 0 Å². The Morgan fingerprint density at radius 2 is 2.08 bits per heavy atom. The van der Waals surface area contributed by atoms with Gasteiger partial charge in [-0.3, -0.25) is 0 Å². The summed E-state index contributed by atoms with van der Waals surface area (Å²) in [7, 11) is 0.